The molecule has 1 amide bonds. The van der Waals surface area contributed by atoms with Crippen LogP contribution in [0.5, 0.6) is 11.5 Å². The topological polar surface area (TPSA) is 59.9 Å². The molecule has 1 aliphatic heterocycles. The standard InChI is InChI=1S/C18H18N2O3/c1-12(2)14-4-6-15(7-5-14)18(21)20-19-10-13-3-8-16-17(9-13)23-11-22-16/h3-10,12H,11H2,1-2H3,(H,20,21). The first kappa shape index (κ1) is 15.1. The van der Waals surface area contributed by atoms with Crippen LogP contribution in [0.3, 0.4) is 0 Å². The summed E-state index contributed by atoms with van der Waals surface area (Å²) in [6.45, 7) is 4.47. The van der Waals surface area contributed by atoms with Crippen LogP contribution in [0.4, 0.5) is 0 Å². The molecule has 0 saturated heterocycles. The molecule has 23 heavy (non-hydrogen) atoms. The summed E-state index contributed by atoms with van der Waals surface area (Å²) in [4.78, 5) is 12.0. The summed E-state index contributed by atoms with van der Waals surface area (Å²) >= 11 is 0. The number of nitrogens with one attached hydrogen (secondary N) is 1. The Balaban J connectivity index is 1.62. The van der Waals surface area contributed by atoms with Gasteiger partial charge in [-0.15, -0.1) is 0 Å². The lowest BCUT2D eigenvalue weighted by Gasteiger charge is -2.06. The number of ether oxygens (including phenoxy) is 2. The first-order valence-electron chi connectivity index (χ1n) is 7.46. The van der Waals surface area contributed by atoms with Crippen LogP contribution in [0.2, 0.25) is 0 Å². The fourth-order valence-corrected chi connectivity index (χ4v) is 2.24. The average Bonchev–Trinajstić information content (AvgIpc) is 3.02. The van der Waals surface area contributed by atoms with Crippen molar-refractivity contribution in [3.8, 4) is 11.5 Å². The molecule has 1 heterocycles. The van der Waals surface area contributed by atoms with Crippen LogP contribution in [0, 0.1) is 0 Å². The number of hydrogen-bond donors (Lipinski definition) is 1. The molecule has 1 N–H and O–H groups in total. The van der Waals surface area contributed by atoms with Crippen molar-refractivity contribution in [1.82, 2.24) is 5.43 Å². The molecular formula is C18H18N2O3. The highest BCUT2D eigenvalue weighted by atomic mass is 16.7. The van der Waals surface area contributed by atoms with Crippen LogP contribution in [-0.4, -0.2) is 18.9 Å². The summed E-state index contributed by atoms with van der Waals surface area (Å²) in [6, 6.07) is 13.0. The summed E-state index contributed by atoms with van der Waals surface area (Å²) in [5.41, 5.74) is 5.13. The molecule has 0 atom stereocenters. The molecule has 0 radical (unpaired) electrons. The van der Waals surface area contributed by atoms with Gasteiger partial charge in [-0.2, -0.15) is 5.10 Å². The Morgan fingerprint density at radius 2 is 1.87 bits per heavy atom. The Kier molecular flexibility index (Phi) is 4.28. The molecule has 3 rings (SSSR count). The van der Waals surface area contributed by atoms with Crippen molar-refractivity contribution in [3.05, 3.63) is 59.2 Å². The lowest BCUT2D eigenvalue weighted by Crippen LogP contribution is -2.17. The fourth-order valence-electron chi connectivity index (χ4n) is 2.24. The molecule has 118 valence electrons. The average molecular weight is 310 g/mol. The van der Waals surface area contributed by atoms with Crippen LogP contribution in [0.25, 0.3) is 0 Å². The van der Waals surface area contributed by atoms with Crippen molar-refractivity contribution < 1.29 is 14.3 Å². The zero-order chi connectivity index (χ0) is 16.2. The number of benzene rings is 2. The molecule has 0 aromatic heterocycles. The minimum absolute atomic E-state index is 0.235. The third-order valence-electron chi connectivity index (χ3n) is 3.62. The highest BCUT2D eigenvalue weighted by Gasteiger charge is 2.12. The molecule has 5 nitrogen and oxygen atoms in total. The molecule has 2 aromatic carbocycles. The normalized spacial score (nSPS) is 12.8. The van der Waals surface area contributed by atoms with Gasteiger partial charge in [-0.25, -0.2) is 5.43 Å². The van der Waals surface area contributed by atoms with Gasteiger partial charge in [0.05, 0.1) is 6.21 Å². The third-order valence-corrected chi connectivity index (χ3v) is 3.62. The van der Waals surface area contributed by atoms with Crippen molar-refractivity contribution in [1.29, 1.82) is 0 Å². The maximum absolute atomic E-state index is 12.0. The molecule has 1 aliphatic rings. The summed E-state index contributed by atoms with van der Waals surface area (Å²) in [6.07, 6.45) is 1.57. The maximum Gasteiger partial charge on any atom is 0.271 e. The minimum Gasteiger partial charge on any atom is -0.454 e. The minimum atomic E-state index is -0.239. The van der Waals surface area contributed by atoms with Crippen molar-refractivity contribution in [3.63, 3.8) is 0 Å². The number of nitrogens with zero attached hydrogens (tertiary/aromatic N) is 1. The molecule has 0 bridgehead atoms. The van der Waals surface area contributed by atoms with Gasteiger partial charge in [-0.3, -0.25) is 4.79 Å². The quantitative estimate of drug-likeness (QED) is 0.696. The van der Waals surface area contributed by atoms with E-state index < -0.39 is 0 Å². The zero-order valence-corrected chi connectivity index (χ0v) is 13.1. The Morgan fingerprint density at radius 3 is 2.61 bits per heavy atom. The van der Waals surface area contributed by atoms with Gasteiger partial charge < -0.3 is 9.47 Å². The summed E-state index contributed by atoms with van der Waals surface area (Å²) < 4.78 is 10.5. The van der Waals surface area contributed by atoms with E-state index in [9.17, 15) is 4.79 Å². The SMILES string of the molecule is CC(C)c1ccc(C(=O)NN=Cc2ccc3c(c2)OCO3)cc1. The van der Waals surface area contributed by atoms with Crippen LogP contribution in [0.15, 0.2) is 47.6 Å². The highest BCUT2D eigenvalue weighted by Crippen LogP contribution is 2.31. The molecule has 0 unspecified atom stereocenters. The molecule has 2 aromatic rings. The largest absolute Gasteiger partial charge is 0.454 e. The van der Waals surface area contributed by atoms with Gasteiger partial charge in [0, 0.05) is 5.56 Å². The molecule has 5 heteroatoms. The van der Waals surface area contributed by atoms with Gasteiger partial charge in [0.15, 0.2) is 11.5 Å². The van der Waals surface area contributed by atoms with E-state index in [0.29, 0.717) is 17.2 Å². The molecule has 0 fully saturated rings. The van der Waals surface area contributed by atoms with Gasteiger partial charge >= 0.3 is 0 Å². The molecule has 0 spiro atoms. The number of carbonyl (C=O) groups is 1. The Labute approximate surface area is 134 Å². The lowest BCUT2D eigenvalue weighted by atomic mass is 10.0. The van der Waals surface area contributed by atoms with E-state index in [1.165, 1.54) is 5.56 Å². The van der Waals surface area contributed by atoms with Crippen LogP contribution < -0.4 is 14.9 Å². The highest BCUT2D eigenvalue weighted by molar-refractivity contribution is 5.95. The van der Waals surface area contributed by atoms with E-state index in [1.807, 2.05) is 30.3 Å². The van der Waals surface area contributed by atoms with Crippen molar-refractivity contribution in [2.45, 2.75) is 19.8 Å². The van der Waals surface area contributed by atoms with Crippen LogP contribution in [-0.2, 0) is 0 Å². The van der Waals surface area contributed by atoms with Crippen molar-refractivity contribution in [2.75, 3.05) is 6.79 Å². The second kappa shape index (κ2) is 6.52. The molecule has 0 saturated carbocycles. The van der Waals surface area contributed by atoms with Gasteiger partial charge in [-0.05, 0) is 47.4 Å². The third kappa shape index (κ3) is 3.51. The first-order chi connectivity index (χ1) is 11.1. The van der Waals surface area contributed by atoms with E-state index in [-0.39, 0.29) is 12.7 Å². The number of hydrazone groups is 1. The van der Waals surface area contributed by atoms with E-state index in [1.54, 1.807) is 18.3 Å². The van der Waals surface area contributed by atoms with Gasteiger partial charge in [0.1, 0.15) is 0 Å². The number of hydrogen-bond acceptors (Lipinski definition) is 4. The van der Waals surface area contributed by atoms with Gasteiger partial charge in [0.25, 0.3) is 5.91 Å². The summed E-state index contributed by atoms with van der Waals surface area (Å²) in [5.74, 6) is 1.61. The second-order valence-corrected chi connectivity index (χ2v) is 5.59. The maximum atomic E-state index is 12.0. The van der Waals surface area contributed by atoms with E-state index in [4.69, 9.17) is 9.47 Å². The van der Waals surface area contributed by atoms with E-state index in [0.717, 1.165) is 11.3 Å². The molecule has 0 aliphatic carbocycles. The van der Waals surface area contributed by atoms with Crippen LogP contribution >= 0.6 is 0 Å². The smallest absolute Gasteiger partial charge is 0.271 e. The second-order valence-electron chi connectivity index (χ2n) is 5.59. The Hall–Kier alpha value is -2.82. The summed E-state index contributed by atoms with van der Waals surface area (Å²) in [7, 11) is 0. The summed E-state index contributed by atoms with van der Waals surface area (Å²) in [5, 5.41) is 3.98. The molecular weight excluding hydrogens is 292 g/mol. The predicted molar refractivity (Wildman–Crippen MR) is 88.2 cm³/mol. The van der Waals surface area contributed by atoms with Gasteiger partial charge in [0.2, 0.25) is 6.79 Å². The monoisotopic (exact) mass is 310 g/mol. The lowest BCUT2D eigenvalue weighted by molar-refractivity contribution is 0.0955. The number of fused-ring (bicyclic) bond motifs is 1. The number of amides is 1. The zero-order valence-electron chi connectivity index (χ0n) is 13.1. The van der Waals surface area contributed by atoms with E-state index >= 15 is 0 Å². The Bertz CT molecular complexity index is 736. The Morgan fingerprint density at radius 1 is 1.13 bits per heavy atom. The van der Waals surface area contributed by atoms with Crippen molar-refractivity contribution >= 4 is 12.1 Å². The fraction of sp³-hybridized carbons (Fsp3) is 0.222. The van der Waals surface area contributed by atoms with Crippen molar-refractivity contribution in [2.24, 2.45) is 5.10 Å². The van der Waals surface area contributed by atoms with Gasteiger partial charge in [-0.1, -0.05) is 26.0 Å². The van der Waals surface area contributed by atoms with E-state index in [2.05, 4.69) is 24.4 Å². The predicted octanol–water partition coefficient (Wildman–Crippen LogP) is 3.30. The number of carbonyl (C=O) groups excluding carboxylic acids is 1. The first-order valence-corrected chi connectivity index (χ1v) is 7.46. The number of rotatable bonds is 4. The van der Waals surface area contributed by atoms with Crippen LogP contribution in [0.1, 0.15) is 41.3 Å².